The molecular weight excluding hydrogens is 162 g/mol. The monoisotopic (exact) mass is 183 g/mol. The van der Waals surface area contributed by atoms with Crippen molar-refractivity contribution in [2.24, 2.45) is 5.92 Å². The second kappa shape index (κ2) is 3.97. The minimum atomic E-state index is -0.0589. The van der Waals surface area contributed by atoms with Crippen molar-refractivity contribution in [2.75, 3.05) is 13.1 Å². The lowest BCUT2D eigenvalue weighted by molar-refractivity contribution is 0.167. The molecule has 13 heavy (non-hydrogen) atoms. The molecule has 2 nitrogen and oxygen atoms in total. The van der Waals surface area contributed by atoms with Gasteiger partial charge in [0.15, 0.2) is 0 Å². The fourth-order valence-electron chi connectivity index (χ4n) is 2.85. The number of aliphatic hydroxyl groups excluding tert-OH is 1. The predicted octanol–water partition coefficient (Wildman–Crippen LogP) is 1.63. The SMILES string of the molecule is CC1CC(O)CN1CC1CCCC1. The Morgan fingerprint density at radius 1 is 1.31 bits per heavy atom. The van der Waals surface area contributed by atoms with Crippen LogP contribution in [0, 0.1) is 5.92 Å². The minimum Gasteiger partial charge on any atom is -0.392 e. The standard InChI is InChI=1S/C11H21NO/c1-9-6-11(13)8-12(9)7-10-4-2-3-5-10/h9-11,13H,2-8H2,1H3. The molecule has 2 atom stereocenters. The highest BCUT2D eigenvalue weighted by atomic mass is 16.3. The van der Waals surface area contributed by atoms with Gasteiger partial charge in [-0.2, -0.15) is 0 Å². The molecule has 1 heterocycles. The Kier molecular flexibility index (Phi) is 2.89. The van der Waals surface area contributed by atoms with Crippen LogP contribution in [0.4, 0.5) is 0 Å². The van der Waals surface area contributed by atoms with Gasteiger partial charge in [0.25, 0.3) is 0 Å². The first-order valence-corrected chi connectivity index (χ1v) is 5.68. The Bertz CT molecular complexity index is 165. The van der Waals surface area contributed by atoms with Gasteiger partial charge < -0.3 is 5.11 Å². The molecule has 1 N–H and O–H groups in total. The highest BCUT2D eigenvalue weighted by Crippen LogP contribution is 2.28. The van der Waals surface area contributed by atoms with Gasteiger partial charge in [0.05, 0.1) is 6.10 Å². The molecule has 0 aromatic carbocycles. The summed E-state index contributed by atoms with van der Waals surface area (Å²) in [5.74, 6) is 0.924. The maximum absolute atomic E-state index is 9.50. The van der Waals surface area contributed by atoms with E-state index >= 15 is 0 Å². The Morgan fingerprint density at radius 2 is 2.00 bits per heavy atom. The molecule has 0 spiro atoms. The van der Waals surface area contributed by atoms with Crippen molar-refractivity contribution in [3.8, 4) is 0 Å². The van der Waals surface area contributed by atoms with Gasteiger partial charge in [-0.3, -0.25) is 4.90 Å². The van der Waals surface area contributed by atoms with E-state index in [0.717, 1.165) is 18.9 Å². The van der Waals surface area contributed by atoms with E-state index in [1.807, 2.05) is 0 Å². The summed E-state index contributed by atoms with van der Waals surface area (Å²) >= 11 is 0. The van der Waals surface area contributed by atoms with Crippen molar-refractivity contribution in [2.45, 2.75) is 51.2 Å². The van der Waals surface area contributed by atoms with Gasteiger partial charge in [-0.15, -0.1) is 0 Å². The van der Waals surface area contributed by atoms with Gasteiger partial charge in [0.2, 0.25) is 0 Å². The molecule has 2 heteroatoms. The molecule has 1 aliphatic heterocycles. The van der Waals surface area contributed by atoms with Gasteiger partial charge in [-0.05, 0) is 32.1 Å². The van der Waals surface area contributed by atoms with Gasteiger partial charge in [-0.25, -0.2) is 0 Å². The average molecular weight is 183 g/mol. The Morgan fingerprint density at radius 3 is 2.54 bits per heavy atom. The number of hydrogen-bond donors (Lipinski definition) is 1. The third-order valence-electron chi connectivity index (χ3n) is 3.65. The average Bonchev–Trinajstić information content (AvgIpc) is 2.63. The van der Waals surface area contributed by atoms with Crippen LogP contribution in [0.2, 0.25) is 0 Å². The molecule has 2 unspecified atom stereocenters. The lowest BCUT2D eigenvalue weighted by Gasteiger charge is -2.24. The second-order valence-corrected chi connectivity index (χ2v) is 4.84. The molecule has 1 saturated heterocycles. The molecule has 0 radical (unpaired) electrons. The van der Waals surface area contributed by atoms with Crippen LogP contribution >= 0.6 is 0 Å². The summed E-state index contributed by atoms with van der Waals surface area (Å²) in [6, 6.07) is 0.607. The van der Waals surface area contributed by atoms with E-state index < -0.39 is 0 Å². The quantitative estimate of drug-likeness (QED) is 0.703. The van der Waals surface area contributed by atoms with Crippen LogP contribution in [-0.2, 0) is 0 Å². The van der Waals surface area contributed by atoms with Gasteiger partial charge in [-0.1, -0.05) is 12.8 Å². The van der Waals surface area contributed by atoms with Crippen LogP contribution in [-0.4, -0.2) is 35.2 Å². The van der Waals surface area contributed by atoms with Crippen molar-refractivity contribution >= 4 is 0 Å². The molecule has 2 rings (SSSR count). The van der Waals surface area contributed by atoms with Crippen molar-refractivity contribution in [3.05, 3.63) is 0 Å². The fraction of sp³-hybridized carbons (Fsp3) is 1.00. The van der Waals surface area contributed by atoms with Crippen LogP contribution in [0.5, 0.6) is 0 Å². The summed E-state index contributed by atoms with van der Waals surface area (Å²) in [7, 11) is 0. The van der Waals surface area contributed by atoms with E-state index in [1.54, 1.807) is 0 Å². The smallest absolute Gasteiger partial charge is 0.0682 e. The molecule has 1 aliphatic carbocycles. The number of nitrogens with zero attached hydrogens (tertiary/aromatic N) is 1. The second-order valence-electron chi connectivity index (χ2n) is 4.84. The molecule has 76 valence electrons. The molecule has 0 aromatic rings. The summed E-state index contributed by atoms with van der Waals surface area (Å²) in [5.41, 5.74) is 0. The molecule has 0 bridgehead atoms. The zero-order valence-electron chi connectivity index (χ0n) is 8.58. The number of hydrogen-bond acceptors (Lipinski definition) is 2. The fourth-order valence-corrected chi connectivity index (χ4v) is 2.85. The highest BCUT2D eigenvalue weighted by Gasteiger charge is 2.29. The largest absolute Gasteiger partial charge is 0.392 e. The molecule has 2 fully saturated rings. The highest BCUT2D eigenvalue weighted by molar-refractivity contribution is 4.84. The number of rotatable bonds is 2. The summed E-state index contributed by atoms with van der Waals surface area (Å²) in [6.45, 7) is 4.39. The lowest BCUT2D eigenvalue weighted by Crippen LogP contribution is -2.32. The first-order chi connectivity index (χ1) is 6.25. The maximum atomic E-state index is 9.50. The predicted molar refractivity (Wildman–Crippen MR) is 53.6 cm³/mol. The van der Waals surface area contributed by atoms with Gasteiger partial charge in [0.1, 0.15) is 0 Å². The molecule has 0 aromatic heterocycles. The van der Waals surface area contributed by atoms with Crippen LogP contribution in [0.3, 0.4) is 0 Å². The van der Waals surface area contributed by atoms with Crippen molar-refractivity contribution in [3.63, 3.8) is 0 Å². The van der Waals surface area contributed by atoms with Gasteiger partial charge >= 0.3 is 0 Å². The maximum Gasteiger partial charge on any atom is 0.0682 e. The van der Waals surface area contributed by atoms with E-state index in [-0.39, 0.29) is 6.10 Å². The van der Waals surface area contributed by atoms with Crippen LogP contribution in [0.15, 0.2) is 0 Å². The van der Waals surface area contributed by atoms with Crippen LogP contribution in [0.1, 0.15) is 39.0 Å². The van der Waals surface area contributed by atoms with E-state index in [1.165, 1.54) is 32.2 Å². The van der Waals surface area contributed by atoms with Gasteiger partial charge in [0, 0.05) is 19.1 Å². The zero-order valence-corrected chi connectivity index (χ0v) is 8.58. The van der Waals surface area contributed by atoms with E-state index in [9.17, 15) is 5.11 Å². The van der Waals surface area contributed by atoms with Crippen molar-refractivity contribution in [1.82, 2.24) is 4.90 Å². The first kappa shape index (κ1) is 9.47. The lowest BCUT2D eigenvalue weighted by atomic mass is 10.1. The van der Waals surface area contributed by atoms with Crippen molar-refractivity contribution < 1.29 is 5.11 Å². The number of β-amino-alcohol motifs (C(OH)–C–C–N with tert-alkyl or cyclic N) is 1. The third-order valence-corrected chi connectivity index (χ3v) is 3.65. The Hall–Kier alpha value is -0.0800. The van der Waals surface area contributed by atoms with Crippen LogP contribution < -0.4 is 0 Å². The van der Waals surface area contributed by atoms with E-state index in [4.69, 9.17) is 0 Å². The Labute approximate surface area is 80.9 Å². The number of aliphatic hydroxyl groups is 1. The Balaban J connectivity index is 1.80. The zero-order chi connectivity index (χ0) is 9.26. The molecule has 2 aliphatic rings. The van der Waals surface area contributed by atoms with Crippen molar-refractivity contribution in [1.29, 1.82) is 0 Å². The summed E-state index contributed by atoms with van der Waals surface area (Å²) < 4.78 is 0. The molecular formula is C11H21NO. The summed E-state index contributed by atoms with van der Waals surface area (Å²) in [4.78, 5) is 2.47. The molecule has 0 amide bonds. The molecule has 1 saturated carbocycles. The summed E-state index contributed by atoms with van der Waals surface area (Å²) in [6.07, 6.45) is 6.60. The van der Waals surface area contributed by atoms with E-state index in [2.05, 4.69) is 11.8 Å². The number of likely N-dealkylation sites (tertiary alicyclic amines) is 1. The summed E-state index contributed by atoms with van der Waals surface area (Å²) in [5, 5.41) is 9.50. The normalized spacial score (nSPS) is 37.4. The first-order valence-electron chi connectivity index (χ1n) is 5.68. The van der Waals surface area contributed by atoms with Crippen LogP contribution in [0.25, 0.3) is 0 Å². The third kappa shape index (κ3) is 2.23. The van der Waals surface area contributed by atoms with E-state index in [0.29, 0.717) is 6.04 Å². The minimum absolute atomic E-state index is 0.0589. The topological polar surface area (TPSA) is 23.5 Å².